The highest BCUT2D eigenvalue weighted by atomic mass is 19.1. The number of hydrogen-bond acceptors (Lipinski definition) is 4. The Kier molecular flexibility index (Phi) is 5.13. The maximum absolute atomic E-state index is 13.9. The molecule has 3 atom stereocenters. The minimum Gasteiger partial charge on any atom is -0.347 e. The van der Waals surface area contributed by atoms with Crippen LogP contribution in [0.2, 0.25) is 0 Å². The number of nitrogens with one attached hydrogen (secondary N) is 2. The van der Waals surface area contributed by atoms with E-state index in [2.05, 4.69) is 20.4 Å². The van der Waals surface area contributed by atoms with Crippen LogP contribution in [0.5, 0.6) is 0 Å². The number of H-pyrrole nitrogens is 1. The Morgan fingerprint density at radius 3 is 2.86 bits per heavy atom. The first kappa shape index (κ1) is 18.6. The molecule has 2 aliphatic heterocycles. The summed E-state index contributed by atoms with van der Waals surface area (Å²) in [6.45, 7) is 4.46. The van der Waals surface area contributed by atoms with Gasteiger partial charge in [-0.2, -0.15) is 5.10 Å². The third-order valence-electron chi connectivity index (χ3n) is 5.69. The fourth-order valence-electron chi connectivity index (χ4n) is 4.56. The van der Waals surface area contributed by atoms with Crippen molar-refractivity contribution in [2.75, 3.05) is 26.2 Å². The second kappa shape index (κ2) is 7.71. The molecule has 0 aliphatic carbocycles. The molecule has 2 amide bonds. The highest BCUT2D eigenvalue weighted by Crippen LogP contribution is 2.45. The summed E-state index contributed by atoms with van der Waals surface area (Å²) < 4.78 is 13.9. The molecule has 148 valence electrons. The van der Waals surface area contributed by atoms with Gasteiger partial charge in [0.25, 0.3) is 0 Å². The molecule has 2 saturated heterocycles. The molecule has 0 spiro atoms. The summed E-state index contributed by atoms with van der Waals surface area (Å²) in [4.78, 5) is 28.1. The first-order valence-electron chi connectivity index (χ1n) is 9.51. The Morgan fingerprint density at radius 2 is 2.14 bits per heavy atom. The van der Waals surface area contributed by atoms with E-state index in [9.17, 15) is 14.0 Å². The molecule has 0 saturated carbocycles. The molecule has 2 fully saturated rings. The number of hydrogen-bond donors (Lipinski definition) is 2. The van der Waals surface area contributed by atoms with Crippen LogP contribution < -0.4 is 5.32 Å². The second-order valence-electron chi connectivity index (χ2n) is 7.66. The van der Waals surface area contributed by atoms with Crippen LogP contribution in [0.25, 0.3) is 0 Å². The fraction of sp³-hybridized carbons (Fsp3) is 0.450. The van der Waals surface area contributed by atoms with Gasteiger partial charge in [0, 0.05) is 50.9 Å². The Hall–Kier alpha value is -2.74. The molecule has 1 aromatic heterocycles. The summed E-state index contributed by atoms with van der Waals surface area (Å²) in [5, 5.41) is 9.57. The largest absolute Gasteiger partial charge is 0.347 e. The number of halogens is 1. The van der Waals surface area contributed by atoms with Crippen LogP contribution in [0.4, 0.5) is 4.39 Å². The third-order valence-corrected chi connectivity index (χ3v) is 5.69. The van der Waals surface area contributed by atoms with Gasteiger partial charge in [0.15, 0.2) is 0 Å². The van der Waals surface area contributed by atoms with Crippen molar-refractivity contribution < 1.29 is 14.0 Å². The van der Waals surface area contributed by atoms with Gasteiger partial charge in [-0.3, -0.25) is 19.6 Å². The number of likely N-dealkylation sites (tertiary alicyclic amines) is 2. The second-order valence-corrected chi connectivity index (χ2v) is 7.66. The van der Waals surface area contributed by atoms with Gasteiger partial charge in [0.05, 0.1) is 12.6 Å². The maximum Gasteiger partial charge on any atom is 0.242 e. The van der Waals surface area contributed by atoms with E-state index in [0.717, 1.165) is 30.9 Å². The standard InChI is InChI=1S/C20H24FN5O2/c1-13(27)22-8-19(28)26-10-15-9-25(11-17-5-6-23-24-17)12-18(15)20(26)14-3-2-4-16(21)7-14/h2-7,15,18,20H,8-12H2,1H3,(H,22,27)(H,23,24)/t15-,18-,20-/m0/s1. The number of fused-ring (bicyclic) bond motifs is 1. The van der Waals surface area contributed by atoms with Gasteiger partial charge in [-0.25, -0.2) is 4.39 Å². The summed E-state index contributed by atoms with van der Waals surface area (Å²) in [6.07, 6.45) is 1.74. The first-order valence-corrected chi connectivity index (χ1v) is 9.51. The van der Waals surface area contributed by atoms with Crippen molar-refractivity contribution >= 4 is 11.8 Å². The lowest BCUT2D eigenvalue weighted by atomic mass is 9.89. The van der Waals surface area contributed by atoms with Crippen molar-refractivity contribution in [1.29, 1.82) is 0 Å². The summed E-state index contributed by atoms with van der Waals surface area (Å²) >= 11 is 0. The summed E-state index contributed by atoms with van der Waals surface area (Å²) in [5.74, 6) is -0.120. The van der Waals surface area contributed by atoms with Crippen molar-refractivity contribution in [1.82, 2.24) is 25.3 Å². The highest BCUT2D eigenvalue weighted by Gasteiger charge is 2.48. The SMILES string of the molecule is CC(=O)NCC(=O)N1C[C@@H]2CN(Cc3ccn[nH]3)C[C@@H]2[C@@H]1c1cccc(F)c1. The minimum absolute atomic E-state index is 0.0293. The van der Waals surface area contributed by atoms with Gasteiger partial charge >= 0.3 is 0 Å². The van der Waals surface area contributed by atoms with E-state index in [1.807, 2.05) is 17.0 Å². The average Bonchev–Trinajstić information content (AvgIpc) is 3.36. The van der Waals surface area contributed by atoms with E-state index >= 15 is 0 Å². The van der Waals surface area contributed by atoms with Crippen LogP contribution in [-0.2, 0) is 16.1 Å². The predicted octanol–water partition coefficient (Wildman–Crippen LogP) is 1.32. The number of amides is 2. The van der Waals surface area contributed by atoms with Crippen molar-refractivity contribution in [3.63, 3.8) is 0 Å². The number of carbonyl (C=O) groups is 2. The Bertz CT molecular complexity index is 856. The molecule has 0 bridgehead atoms. The monoisotopic (exact) mass is 385 g/mol. The Labute approximate surface area is 162 Å². The van der Waals surface area contributed by atoms with Gasteiger partial charge < -0.3 is 10.2 Å². The lowest BCUT2D eigenvalue weighted by Crippen LogP contribution is -2.41. The van der Waals surface area contributed by atoms with Gasteiger partial charge in [-0.15, -0.1) is 0 Å². The van der Waals surface area contributed by atoms with Crippen LogP contribution in [0.15, 0.2) is 36.5 Å². The smallest absolute Gasteiger partial charge is 0.242 e. The molecule has 4 rings (SSSR count). The van der Waals surface area contributed by atoms with Gasteiger partial charge in [-0.05, 0) is 29.7 Å². The maximum atomic E-state index is 13.9. The first-order chi connectivity index (χ1) is 13.5. The molecule has 1 aromatic carbocycles. The van der Waals surface area contributed by atoms with Crippen LogP contribution in [-0.4, -0.2) is 58.0 Å². The van der Waals surface area contributed by atoms with E-state index in [4.69, 9.17) is 0 Å². The minimum atomic E-state index is -0.303. The molecular formula is C20H24FN5O2. The molecule has 8 heteroatoms. The number of rotatable bonds is 5. The molecule has 0 unspecified atom stereocenters. The van der Waals surface area contributed by atoms with Crippen molar-refractivity contribution in [3.8, 4) is 0 Å². The van der Waals surface area contributed by atoms with E-state index in [-0.39, 0.29) is 36.1 Å². The molecule has 0 radical (unpaired) electrons. The van der Waals surface area contributed by atoms with Crippen LogP contribution in [0, 0.1) is 17.7 Å². The van der Waals surface area contributed by atoms with Crippen molar-refractivity contribution in [2.45, 2.75) is 19.5 Å². The van der Waals surface area contributed by atoms with Crippen LogP contribution in [0.3, 0.4) is 0 Å². The lowest BCUT2D eigenvalue weighted by molar-refractivity contribution is -0.133. The average molecular weight is 385 g/mol. The summed E-state index contributed by atoms with van der Waals surface area (Å²) in [7, 11) is 0. The number of aromatic nitrogens is 2. The predicted molar refractivity (Wildman–Crippen MR) is 100 cm³/mol. The fourth-order valence-corrected chi connectivity index (χ4v) is 4.56. The molecule has 28 heavy (non-hydrogen) atoms. The molecule has 3 heterocycles. The molecule has 2 aliphatic rings. The Balaban J connectivity index is 1.54. The summed E-state index contributed by atoms with van der Waals surface area (Å²) in [6, 6.07) is 8.27. The number of benzene rings is 1. The van der Waals surface area contributed by atoms with Crippen LogP contribution in [0.1, 0.15) is 24.2 Å². The number of nitrogens with zero attached hydrogens (tertiary/aromatic N) is 3. The lowest BCUT2D eigenvalue weighted by Gasteiger charge is -2.30. The quantitative estimate of drug-likeness (QED) is 0.813. The van der Waals surface area contributed by atoms with Gasteiger partial charge in [0.2, 0.25) is 11.8 Å². The van der Waals surface area contributed by atoms with E-state index in [1.165, 1.54) is 19.1 Å². The Morgan fingerprint density at radius 1 is 1.29 bits per heavy atom. The van der Waals surface area contributed by atoms with Gasteiger partial charge in [-0.1, -0.05) is 12.1 Å². The van der Waals surface area contributed by atoms with Crippen molar-refractivity contribution in [2.24, 2.45) is 11.8 Å². The topological polar surface area (TPSA) is 81.3 Å². The molecule has 7 nitrogen and oxygen atoms in total. The van der Waals surface area contributed by atoms with E-state index in [0.29, 0.717) is 12.5 Å². The third kappa shape index (κ3) is 3.77. The number of aromatic amines is 1. The van der Waals surface area contributed by atoms with Gasteiger partial charge in [0.1, 0.15) is 5.82 Å². The zero-order valence-corrected chi connectivity index (χ0v) is 15.8. The van der Waals surface area contributed by atoms with Crippen LogP contribution >= 0.6 is 0 Å². The summed E-state index contributed by atoms with van der Waals surface area (Å²) in [5.41, 5.74) is 1.87. The van der Waals surface area contributed by atoms with E-state index < -0.39 is 0 Å². The van der Waals surface area contributed by atoms with E-state index in [1.54, 1.807) is 12.3 Å². The number of carbonyl (C=O) groups excluding carboxylic acids is 2. The zero-order valence-electron chi connectivity index (χ0n) is 15.8. The zero-order chi connectivity index (χ0) is 19.7. The molecular weight excluding hydrogens is 361 g/mol. The normalized spacial score (nSPS) is 24.4. The molecule has 2 aromatic rings. The highest BCUT2D eigenvalue weighted by molar-refractivity contribution is 5.84. The van der Waals surface area contributed by atoms with Crippen molar-refractivity contribution in [3.05, 3.63) is 53.6 Å². The molecule has 2 N–H and O–H groups in total.